The summed E-state index contributed by atoms with van der Waals surface area (Å²) in [5, 5.41) is 12.0. The van der Waals surface area contributed by atoms with Crippen molar-refractivity contribution in [3.05, 3.63) is 0 Å². The molecule has 0 radical (unpaired) electrons. The number of amides is 1. The van der Waals surface area contributed by atoms with Gasteiger partial charge in [0.25, 0.3) is 5.92 Å². The molecular formula is C13H23F2N3O2. The van der Waals surface area contributed by atoms with Crippen LogP contribution in [0.5, 0.6) is 0 Å². The van der Waals surface area contributed by atoms with E-state index in [9.17, 15) is 18.7 Å². The molecule has 3 unspecified atom stereocenters. The molecule has 2 rings (SSSR count). The molecule has 2 saturated heterocycles. The van der Waals surface area contributed by atoms with Crippen LogP contribution in [0.25, 0.3) is 0 Å². The molecule has 0 saturated carbocycles. The van der Waals surface area contributed by atoms with Gasteiger partial charge < -0.3 is 10.0 Å². The summed E-state index contributed by atoms with van der Waals surface area (Å²) in [7, 11) is 0. The van der Waals surface area contributed by atoms with Gasteiger partial charge in [-0.05, 0) is 13.8 Å². The molecule has 0 bridgehead atoms. The summed E-state index contributed by atoms with van der Waals surface area (Å²) < 4.78 is 26.3. The first-order valence-corrected chi connectivity index (χ1v) is 7.10. The van der Waals surface area contributed by atoms with Gasteiger partial charge in [0.15, 0.2) is 0 Å². The minimum absolute atomic E-state index is 0.129. The lowest BCUT2D eigenvalue weighted by Crippen LogP contribution is -2.57. The predicted molar refractivity (Wildman–Crippen MR) is 70.7 cm³/mol. The van der Waals surface area contributed by atoms with Gasteiger partial charge in [0.2, 0.25) is 5.91 Å². The third-order valence-electron chi connectivity index (χ3n) is 3.98. The van der Waals surface area contributed by atoms with Crippen molar-refractivity contribution in [3.8, 4) is 0 Å². The normalized spacial score (nSPS) is 32.4. The van der Waals surface area contributed by atoms with Gasteiger partial charge in [0, 0.05) is 38.6 Å². The van der Waals surface area contributed by atoms with E-state index in [2.05, 4.69) is 10.2 Å². The SMILES string of the molecule is CC(O)CN1CCN(C(=O)C2CC(F)(F)CN2)CC1C. The number of alkyl halides is 2. The molecule has 2 aliphatic rings. The quantitative estimate of drug-likeness (QED) is 0.762. The number of aliphatic hydroxyl groups is 1. The lowest BCUT2D eigenvalue weighted by Gasteiger charge is -2.41. The molecule has 0 aromatic rings. The smallest absolute Gasteiger partial charge is 0.262 e. The number of carbonyl (C=O) groups excluding carboxylic acids is 1. The third-order valence-corrected chi connectivity index (χ3v) is 3.98. The third kappa shape index (κ3) is 3.65. The van der Waals surface area contributed by atoms with Crippen LogP contribution in [0, 0.1) is 0 Å². The standard InChI is InChI=1S/C13H23F2N3O2/c1-9-6-18(4-3-17(9)7-10(2)19)12(20)11-5-13(14,15)8-16-11/h9-11,16,19H,3-8H2,1-2H3. The number of hydrogen-bond donors (Lipinski definition) is 2. The van der Waals surface area contributed by atoms with E-state index in [1.54, 1.807) is 11.8 Å². The number of carbonyl (C=O) groups is 1. The molecule has 2 aliphatic heterocycles. The van der Waals surface area contributed by atoms with Crippen molar-refractivity contribution >= 4 is 5.91 Å². The highest BCUT2D eigenvalue weighted by Gasteiger charge is 2.44. The topological polar surface area (TPSA) is 55.8 Å². The Hall–Kier alpha value is -0.790. The second-order valence-electron chi connectivity index (χ2n) is 5.97. The zero-order chi connectivity index (χ0) is 14.9. The Labute approximate surface area is 117 Å². The minimum Gasteiger partial charge on any atom is -0.392 e. The van der Waals surface area contributed by atoms with E-state index in [0.29, 0.717) is 26.2 Å². The molecule has 7 heteroatoms. The molecule has 1 amide bonds. The average molecular weight is 291 g/mol. The van der Waals surface area contributed by atoms with Crippen LogP contribution < -0.4 is 5.32 Å². The second-order valence-corrected chi connectivity index (χ2v) is 5.97. The van der Waals surface area contributed by atoms with Crippen LogP contribution in [0.1, 0.15) is 20.3 Å². The average Bonchev–Trinajstić information content (AvgIpc) is 2.71. The Balaban J connectivity index is 1.88. The van der Waals surface area contributed by atoms with Crippen molar-refractivity contribution in [2.24, 2.45) is 0 Å². The number of β-amino-alcohol motifs (C(OH)–C–C–N with tert-alkyl or cyclic N) is 1. The van der Waals surface area contributed by atoms with Crippen LogP contribution in [0.3, 0.4) is 0 Å². The lowest BCUT2D eigenvalue weighted by molar-refractivity contribution is -0.136. The van der Waals surface area contributed by atoms with Crippen molar-refractivity contribution in [1.29, 1.82) is 0 Å². The first-order chi connectivity index (χ1) is 9.28. The number of rotatable bonds is 3. The molecule has 20 heavy (non-hydrogen) atoms. The van der Waals surface area contributed by atoms with Crippen molar-refractivity contribution in [1.82, 2.24) is 15.1 Å². The molecule has 2 fully saturated rings. The van der Waals surface area contributed by atoms with E-state index < -0.39 is 31.0 Å². The minimum atomic E-state index is -2.78. The van der Waals surface area contributed by atoms with Gasteiger partial charge in [0.1, 0.15) is 0 Å². The van der Waals surface area contributed by atoms with Gasteiger partial charge in [-0.25, -0.2) is 8.78 Å². The second kappa shape index (κ2) is 5.91. The molecule has 3 atom stereocenters. The Morgan fingerprint density at radius 2 is 2.20 bits per heavy atom. The molecule has 0 aromatic heterocycles. The predicted octanol–water partition coefficient (Wildman–Crippen LogP) is -0.103. The summed E-state index contributed by atoms with van der Waals surface area (Å²) in [5.74, 6) is -3.01. The van der Waals surface area contributed by atoms with E-state index in [0.717, 1.165) is 0 Å². The number of nitrogens with zero attached hydrogens (tertiary/aromatic N) is 2. The molecule has 0 aliphatic carbocycles. The summed E-state index contributed by atoms with van der Waals surface area (Å²) in [6.45, 7) is 5.59. The number of hydrogen-bond acceptors (Lipinski definition) is 4. The van der Waals surface area contributed by atoms with Crippen LogP contribution in [0.4, 0.5) is 8.78 Å². The summed E-state index contributed by atoms with van der Waals surface area (Å²) in [6.07, 6.45) is -0.816. The Morgan fingerprint density at radius 1 is 1.50 bits per heavy atom. The molecular weight excluding hydrogens is 268 g/mol. The van der Waals surface area contributed by atoms with E-state index in [4.69, 9.17) is 0 Å². The lowest BCUT2D eigenvalue weighted by atomic mass is 10.1. The van der Waals surface area contributed by atoms with Crippen molar-refractivity contribution in [2.45, 2.75) is 44.4 Å². The Kier molecular flexibility index (Phi) is 4.61. The number of aliphatic hydroxyl groups excluding tert-OH is 1. The zero-order valence-corrected chi connectivity index (χ0v) is 12.0. The summed E-state index contributed by atoms with van der Waals surface area (Å²) >= 11 is 0. The molecule has 0 aromatic carbocycles. The molecule has 5 nitrogen and oxygen atoms in total. The van der Waals surface area contributed by atoms with Crippen LogP contribution in [0.2, 0.25) is 0 Å². The van der Waals surface area contributed by atoms with E-state index in [-0.39, 0.29) is 11.9 Å². The van der Waals surface area contributed by atoms with Crippen LogP contribution in [0.15, 0.2) is 0 Å². The van der Waals surface area contributed by atoms with Crippen molar-refractivity contribution < 1.29 is 18.7 Å². The number of nitrogens with one attached hydrogen (secondary N) is 1. The maximum atomic E-state index is 13.1. The van der Waals surface area contributed by atoms with E-state index >= 15 is 0 Å². The highest BCUT2D eigenvalue weighted by atomic mass is 19.3. The fourth-order valence-corrected chi connectivity index (χ4v) is 2.92. The van der Waals surface area contributed by atoms with Gasteiger partial charge >= 0.3 is 0 Å². The largest absolute Gasteiger partial charge is 0.392 e. The monoisotopic (exact) mass is 291 g/mol. The van der Waals surface area contributed by atoms with Crippen molar-refractivity contribution in [2.75, 3.05) is 32.7 Å². The van der Waals surface area contributed by atoms with Crippen LogP contribution >= 0.6 is 0 Å². The first-order valence-electron chi connectivity index (χ1n) is 7.10. The van der Waals surface area contributed by atoms with Crippen LogP contribution in [-0.4, -0.2) is 77.6 Å². The molecule has 0 spiro atoms. The molecule has 2 N–H and O–H groups in total. The van der Waals surface area contributed by atoms with Gasteiger partial charge in [-0.15, -0.1) is 0 Å². The first kappa shape index (κ1) is 15.6. The summed E-state index contributed by atoms with van der Waals surface area (Å²) in [6, 6.07) is -0.635. The van der Waals surface area contributed by atoms with E-state index in [1.807, 2.05) is 6.92 Å². The fourth-order valence-electron chi connectivity index (χ4n) is 2.92. The Bertz CT molecular complexity index is 366. The van der Waals surface area contributed by atoms with E-state index in [1.165, 1.54) is 0 Å². The number of halogens is 2. The summed E-state index contributed by atoms with van der Waals surface area (Å²) in [5.41, 5.74) is 0. The van der Waals surface area contributed by atoms with Crippen LogP contribution in [-0.2, 0) is 4.79 Å². The fraction of sp³-hybridized carbons (Fsp3) is 0.923. The van der Waals surface area contributed by atoms with Gasteiger partial charge in [-0.1, -0.05) is 0 Å². The number of piperazine rings is 1. The highest BCUT2D eigenvalue weighted by Crippen LogP contribution is 2.26. The maximum absolute atomic E-state index is 13.1. The van der Waals surface area contributed by atoms with Gasteiger partial charge in [-0.3, -0.25) is 15.0 Å². The van der Waals surface area contributed by atoms with Gasteiger partial charge in [0.05, 0.1) is 18.7 Å². The van der Waals surface area contributed by atoms with Gasteiger partial charge in [-0.2, -0.15) is 0 Å². The van der Waals surface area contributed by atoms with Crippen molar-refractivity contribution in [3.63, 3.8) is 0 Å². The summed E-state index contributed by atoms with van der Waals surface area (Å²) in [4.78, 5) is 16.0. The highest BCUT2D eigenvalue weighted by molar-refractivity contribution is 5.82. The molecule has 116 valence electrons. The Morgan fingerprint density at radius 3 is 2.70 bits per heavy atom. The molecule has 2 heterocycles. The maximum Gasteiger partial charge on any atom is 0.262 e. The zero-order valence-electron chi connectivity index (χ0n) is 12.0.